The van der Waals surface area contributed by atoms with Crippen LogP contribution in [0.2, 0.25) is 0 Å². The first-order chi connectivity index (χ1) is 12.6. The van der Waals surface area contributed by atoms with Crippen LogP contribution in [0, 0.1) is 11.6 Å². The molecule has 2 fully saturated rings. The smallest absolute Gasteiger partial charge is 0.152 e. The van der Waals surface area contributed by atoms with E-state index in [1.807, 2.05) is 6.07 Å². The summed E-state index contributed by atoms with van der Waals surface area (Å²) < 4.78 is 27.7. The monoisotopic (exact) mass is 360 g/mol. The molecule has 0 spiro atoms. The fourth-order valence-corrected chi connectivity index (χ4v) is 4.28. The molecule has 1 unspecified atom stereocenters. The van der Waals surface area contributed by atoms with Crippen LogP contribution < -0.4 is 4.90 Å². The van der Waals surface area contributed by atoms with Crippen LogP contribution in [-0.2, 0) is 0 Å². The van der Waals surface area contributed by atoms with Crippen molar-refractivity contribution in [2.45, 2.75) is 25.3 Å². The molecule has 3 heterocycles. The van der Waals surface area contributed by atoms with Gasteiger partial charge in [0.05, 0.1) is 0 Å². The number of halogens is 2. The largest absolute Gasteiger partial charge is 0.368 e. The van der Waals surface area contributed by atoms with E-state index in [-0.39, 0.29) is 5.52 Å². The lowest BCUT2D eigenvalue weighted by atomic mass is 10.0. The minimum Gasteiger partial charge on any atom is -0.368 e. The summed E-state index contributed by atoms with van der Waals surface area (Å²) in [5, 5.41) is 0.561. The fraction of sp³-hybridized carbons (Fsp3) is 0.550. The molecule has 6 heteroatoms. The third kappa shape index (κ3) is 3.53. The Morgan fingerprint density at radius 1 is 1.08 bits per heavy atom. The van der Waals surface area contributed by atoms with Gasteiger partial charge in [0.25, 0.3) is 0 Å². The number of fused-ring (bicyclic) bond motifs is 1. The van der Waals surface area contributed by atoms with Gasteiger partial charge in [-0.05, 0) is 38.6 Å². The highest BCUT2D eigenvalue weighted by Crippen LogP contribution is 2.29. The molecule has 140 valence electrons. The molecule has 2 aliphatic heterocycles. The van der Waals surface area contributed by atoms with Crippen molar-refractivity contribution in [2.75, 3.05) is 51.2 Å². The van der Waals surface area contributed by atoms with E-state index in [0.29, 0.717) is 11.4 Å². The van der Waals surface area contributed by atoms with Gasteiger partial charge in [0.1, 0.15) is 11.3 Å². The van der Waals surface area contributed by atoms with Gasteiger partial charge < -0.3 is 9.80 Å². The number of piperazine rings is 1. The molecule has 1 aromatic heterocycles. The molecule has 1 aromatic carbocycles. The Balaban J connectivity index is 1.46. The molecule has 0 aliphatic carbocycles. The number of likely N-dealkylation sites (N-methyl/N-ethyl adjacent to an activating group) is 1. The minimum absolute atomic E-state index is 0.246. The van der Waals surface area contributed by atoms with Gasteiger partial charge in [0.2, 0.25) is 0 Å². The Hall–Kier alpha value is -1.79. The van der Waals surface area contributed by atoms with Gasteiger partial charge in [-0.2, -0.15) is 0 Å². The Morgan fingerprint density at radius 2 is 1.88 bits per heavy atom. The van der Waals surface area contributed by atoms with Gasteiger partial charge >= 0.3 is 0 Å². The second kappa shape index (κ2) is 7.45. The van der Waals surface area contributed by atoms with Crippen molar-refractivity contribution in [3.8, 4) is 0 Å². The van der Waals surface area contributed by atoms with Gasteiger partial charge in [0.15, 0.2) is 5.82 Å². The van der Waals surface area contributed by atoms with Crippen molar-refractivity contribution in [2.24, 2.45) is 0 Å². The lowest BCUT2D eigenvalue weighted by Gasteiger charge is -2.41. The van der Waals surface area contributed by atoms with Gasteiger partial charge in [-0.1, -0.05) is 6.42 Å². The molecule has 0 amide bonds. The number of nitrogens with zero attached hydrogens (tertiary/aromatic N) is 4. The van der Waals surface area contributed by atoms with E-state index >= 15 is 0 Å². The quantitative estimate of drug-likeness (QED) is 0.839. The normalized spacial score (nSPS) is 22.9. The van der Waals surface area contributed by atoms with E-state index in [9.17, 15) is 8.78 Å². The average molecular weight is 360 g/mol. The summed E-state index contributed by atoms with van der Waals surface area (Å²) in [5.74, 6) is -1.15. The number of hydrogen-bond donors (Lipinski definition) is 0. The Morgan fingerprint density at radius 3 is 2.65 bits per heavy atom. The number of likely N-dealkylation sites (tertiary alicyclic amines) is 1. The van der Waals surface area contributed by atoms with Gasteiger partial charge in [0, 0.05) is 62.1 Å². The highest BCUT2D eigenvalue weighted by Gasteiger charge is 2.25. The van der Waals surface area contributed by atoms with Gasteiger partial charge in [-0.15, -0.1) is 0 Å². The van der Waals surface area contributed by atoms with Crippen LogP contribution in [-0.4, -0.2) is 67.1 Å². The van der Waals surface area contributed by atoms with Gasteiger partial charge in [-0.3, -0.25) is 9.88 Å². The third-order valence-electron chi connectivity index (χ3n) is 5.84. The molecule has 0 N–H and O–H groups in total. The highest BCUT2D eigenvalue weighted by atomic mass is 19.1. The minimum atomic E-state index is -0.596. The first-order valence-corrected chi connectivity index (χ1v) is 9.53. The van der Waals surface area contributed by atoms with Crippen LogP contribution in [0.3, 0.4) is 0 Å². The predicted molar refractivity (Wildman–Crippen MR) is 101 cm³/mol. The number of aromatic nitrogens is 1. The molecular formula is C20H26F2N4. The average Bonchev–Trinajstić information content (AvgIpc) is 2.64. The van der Waals surface area contributed by atoms with Gasteiger partial charge in [-0.25, -0.2) is 8.78 Å². The number of anilines is 1. The molecule has 2 aromatic rings. The van der Waals surface area contributed by atoms with Crippen molar-refractivity contribution in [1.82, 2.24) is 14.8 Å². The van der Waals surface area contributed by atoms with Crippen LogP contribution in [0.4, 0.5) is 14.5 Å². The highest BCUT2D eigenvalue weighted by molar-refractivity contribution is 5.92. The summed E-state index contributed by atoms with van der Waals surface area (Å²) in [6.07, 6.45) is 5.53. The number of rotatable bonds is 3. The SMILES string of the molecule is CN1CCCCC1CN1CCN(c2ccnc3c(F)cc(F)cc23)CC1. The van der Waals surface area contributed by atoms with E-state index in [2.05, 4.69) is 26.7 Å². The molecule has 0 saturated carbocycles. The third-order valence-corrected chi connectivity index (χ3v) is 5.84. The first kappa shape index (κ1) is 17.6. The lowest BCUT2D eigenvalue weighted by molar-refractivity contribution is 0.125. The van der Waals surface area contributed by atoms with Crippen LogP contribution in [0.5, 0.6) is 0 Å². The van der Waals surface area contributed by atoms with Crippen molar-refractivity contribution < 1.29 is 8.78 Å². The Bertz CT molecular complexity index is 774. The van der Waals surface area contributed by atoms with Crippen LogP contribution >= 0.6 is 0 Å². The fourth-order valence-electron chi connectivity index (χ4n) is 4.28. The molecule has 26 heavy (non-hydrogen) atoms. The zero-order valence-corrected chi connectivity index (χ0v) is 15.3. The predicted octanol–water partition coefficient (Wildman–Crippen LogP) is 3.12. The molecule has 4 nitrogen and oxygen atoms in total. The number of hydrogen-bond acceptors (Lipinski definition) is 4. The zero-order valence-electron chi connectivity index (χ0n) is 15.3. The van der Waals surface area contributed by atoms with Crippen LogP contribution in [0.25, 0.3) is 10.9 Å². The van der Waals surface area contributed by atoms with Crippen molar-refractivity contribution >= 4 is 16.6 Å². The molecule has 0 radical (unpaired) electrons. The Kier molecular flexibility index (Phi) is 5.05. The first-order valence-electron chi connectivity index (χ1n) is 9.53. The summed E-state index contributed by atoms with van der Waals surface area (Å²) in [6, 6.07) is 4.81. The molecular weight excluding hydrogens is 334 g/mol. The second-order valence-corrected chi connectivity index (χ2v) is 7.53. The maximum absolute atomic E-state index is 14.0. The molecule has 2 aliphatic rings. The van der Waals surface area contributed by atoms with Crippen molar-refractivity contribution in [1.29, 1.82) is 0 Å². The molecule has 2 saturated heterocycles. The summed E-state index contributed by atoms with van der Waals surface area (Å²) in [6.45, 7) is 6.01. The number of piperidine rings is 1. The van der Waals surface area contributed by atoms with Crippen LogP contribution in [0.15, 0.2) is 24.4 Å². The van der Waals surface area contributed by atoms with Crippen LogP contribution in [0.1, 0.15) is 19.3 Å². The second-order valence-electron chi connectivity index (χ2n) is 7.53. The maximum atomic E-state index is 14.0. The molecule has 1 atom stereocenters. The summed E-state index contributed by atoms with van der Waals surface area (Å²) in [4.78, 5) is 11.3. The summed E-state index contributed by atoms with van der Waals surface area (Å²) in [5.41, 5.74) is 1.12. The summed E-state index contributed by atoms with van der Waals surface area (Å²) >= 11 is 0. The van der Waals surface area contributed by atoms with E-state index in [1.165, 1.54) is 31.9 Å². The lowest BCUT2D eigenvalue weighted by Crippen LogP contribution is -2.52. The zero-order chi connectivity index (χ0) is 18.1. The van der Waals surface area contributed by atoms with E-state index in [4.69, 9.17) is 0 Å². The van der Waals surface area contributed by atoms with Crippen molar-refractivity contribution in [3.63, 3.8) is 0 Å². The standard InChI is InChI=1S/C20H26F2N4/c1-24-7-3-2-4-16(24)14-25-8-10-26(11-9-25)19-5-6-23-20-17(19)12-15(21)13-18(20)22/h5-6,12-13,16H,2-4,7-11,14H2,1H3. The van der Waals surface area contributed by atoms with E-state index in [1.54, 1.807) is 6.20 Å². The molecule has 4 rings (SSSR count). The topological polar surface area (TPSA) is 22.6 Å². The van der Waals surface area contributed by atoms with E-state index < -0.39 is 11.6 Å². The maximum Gasteiger partial charge on any atom is 0.152 e. The molecule has 0 bridgehead atoms. The number of benzene rings is 1. The van der Waals surface area contributed by atoms with Crippen molar-refractivity contribution in [3.05, 3.63) is 36.0 Å². The number of pyridine rings is 1. The Labute approximate surface area is 153 Å². The summed E-state index contributed by atoms with van der Waals surface area (Å²) in [7, 11) is 2.23. The van der Waals surface area contributed by atoms with E-state index in [0.717, 1.165) is 44.5 Å².